The molecule has 2 aliphatic rings. The van der Waals surface area contributed by atoms with Crippen LogP contribution in [0.3, 0.4) is 0 Å². The lowest BCUT2D eigenvalue weighted by molar-refractivity contribution is -0.117. The first kappa shape index (κ1) is 14.7. The predicted molar refractivity (Wildman–Crippen MR) is 91.6 cm³/mol. The molecule has 122 valence electrons. The van der Waals surface area contributed by atoms with E-state index in [0.717, 1.165) is 41.9 Å². The number of imidazole rings is 1. The van der Waals surface area contributed by atoms with Gasteiger partial charge in [0.2, 0.25) is 5.91 Å². The Kier molecular flexibility index (Phi) is 4.04. The number of hydrogen-bond donors (Lipinski definition) is 3. The van der Waals surface area contributed by atoms with Gasteiger partial charge in [0.25, 0.3) is 0 Å². The summed E-state index contributed by atoms with van der Waals surface area (Å²) in [5.74, 6) is 1.74. The Morgan fingerprint density at radius 2 is 2.00 bits per heavy atom. The van der Waals surface area contributed by atoms with Gasteiger partial charge in [-0.15, -0.1) is 0 Å². The van der Waals surface area contributed by atoms with Crippen LogP contribution in [-0.2, 0) is 4.79 Å². The highest BCUT2D eigenvalue weighted by atomic mass is 16.2. The number of carbonyl (C=O) groups excluding carboxylic acids is 1. The van der Waals surface area contributed by atoms with Crippen LogP contribution >= 0.6 is 0 Å². The smallest absolute Gasteiger partial charge is 0.241 e. The average Bonchev–Trinajstić information content (AvgIpc) is 3.25. The summed E-state index contributed by atoms with van der Waals surface area (Å²) in [5.41, 5.74) is 2.85. The Bertz CT molecular complexity index is 696. The molecule has 5 nitrogen and oxygen atoms in total. The van der Waals surface area contributed by atoms with Crippen molar-refractivity contribution in [2.24, 2.45) is 0 Å². The number of nitrogens with one attached hydrogen (secondary N) is 3. The lowest BCUT2D eigenvalue weighted by Crippen LogP contribution is -2.35. The van der Waals surface area contributed by atoms with Crippen molar-refractivity contribution in [3.8, 4) is 0 Å². The third kappa shape index (κ3) is 3.11. The van der Waals surface area contributed by atoms with Crippen LogP contribution in [0.1, 0.15) is 56.7 Å². The zero-order chi connectivity index (χ0) is 15.6. The highest BCUT2D eigenvalue weighted by Crippen LogP contribution is 2.32. The Morgan fingerprint density at radius 3 is 2.78 bits per heavy atom. The van der Waals surface area contributed by atoms with Crippen molar-refractivity contribution in [3.63, 3.8) is 0 Å². The summed E-state index contributed by atoms with van der Waals surface area (Å²) in [6.45, 7) is 0.933. The SMILES string of the molecule is O=C(Nc1ccc2nc(C3CCCCC3)[nH]c2c1)C1CCCN1. The number of fused-ring (bicyclic) bond motifs is 1. The largest absolute Gasteiger partial charge is 0.342 e. The fourth-order valence-corrected chi connectivity index (χ4v) is 3.81. The number of aromatic amines is 1. The quantitative estimate of drug-likeness (QED) is 0.814. The minimum absolute atomic E-state index is 0.0507. The highest BCUT2D eigenvalue weighted by molar-refractivity contribution is 5.96. The molecule has 1 aliphatic carbocycles. The van der Waals surface area contributed by atoms with Crippen molar-refractivity contribution < 1.29 is 4.79 Å². The lowest BCUT2D eigenvalue weighted by atomic mass is 9.89. The van der Waals surface area contributed by atoms with Crippen LogP contribution in [0.25, 0.3) is 11.0 Å². The monoisotopic (exact) mass is 312 g/mol. The molecule has 1 aromatic heterocycles. The predicted octanol–water partition coefficient (Wildman–Crippen LogP) is 3.30. The molecule has 1 unspecified atom stereocenters. The van der Waals surface area contributed by atoms with Crippen LogP contribution in [0.4, 0.5) is 5.69 Å². The maximum absolute atomic E-state index is 12.2. The Morgan fingerprint density at radius 1 is 1.13 bits per heavy atom. The molecule has 1 amide bonds. The van der Waals surface area contributed by atoms with E-state index in [4.69, 9.17) is 4.98 Å². The van der Waals surface area contributed by atoms with Crippen LogP contribution in [0.2, 0.25) is 0 Å². The summed E-state index contributed by atoms with van der Waals surface area (Å²) in [6, 6.07) is 5.89. The van der Waals surface area contributed by atoms with Crippen molar-refractivity contribution in [2.75, 3.05) is 11.9 Å². The van der Waals surface area contributed by atoms with Crippen molar-refractivity contribution in [1.29, 1.82) is 0 Å². The van der Waals surface area contributed by atoms with Gasteiger partial charge in [-0.05, 0) is 50.4 Å². The molecule has 5 heteroatoms. The van der Waals surface area contributed by atoms with Crippen LogP contribution in [0.15, 0.2) is 18.2 Å². The second kappa shape index (κ2) is 6.32. The second-order valence-corrected chi connectivity index (χ2v) is 6.83. The van der Waals surface area contributed by atoms with Gasteiger partial charge in [0.15, 0.2) is 0 Å². The second-order valence-electron chi connectivity index (χ2n) is 6.83. The molecule has 2 aromatic rings. The first-order valence-corrected chi connectivity index (χ1v) is 8.83. The van der Waals surface area contributed by atoms with Crippen LogP contribution in [-0.4, -0.2) is 28.5 Å². The topological polar surface area (TPSA) is 69.8 Å². The molecule has 0 bridgehead atoms. The number of benzene rings is 1. The lowest BCUT2D eigenvalue weighted by Gasteiger charge is -2.18. The molecule has 1 aromatic carbocycles. The number of H-pyrrole nitrogens is 1. The van der Waals surface area contributed by atoms with Crippen molar-refractivity contribution in [1.82, 2.24) is 15.3 Å². The molecule has 3 N–H and O–H groups in total. The average molecular weight is 312 g/mol. The van der Waals surface area contributed by atoms with Crippen molar-refractivity contribution >= 4 is 22.6 Å². The normalized spacial score (nSPS) is 22.5. The summed E-state index contributed by atoms with van der Waals surface area (Å²) < 4.78 is 0. The van der Waals surface area contributed by atoms with E-state index in [1.807, 2.05) is 18.2 Å². The fourth-order valence-electron chi connectivity index (χ4n) is 3.81. The number of hydrogen-bond acceptors (Lipinski definition) is 3. The van der Waals surface area contributed by atoms with Gasteiger partial charge in [-0.1, -0.05) is 19.3 Å². The summed E-state index contributed by atoms with van der Waals surface area (Å²) in [6.07, 6.45) is 8.41. The molecule has 23 heavy (non-hydrogen) atoms. The molecule has 1 saturated heterocycles. The van der Waals surface area contributed by atoms with E-state index in [1.165, 1.54) is 32.1 Å². The first-order chi connectivity index (χ1) is 11.3. The fraction of sp³-hybridized carbons (Fsp3) is 0.556. The number of amides is 1. The Balaban J connectivity index is 1.51. The number of aromatic nitrogens is 2. The number of nitrogens with zero attached hydrogens (tertiary/aromatic N) is 1. The molecule has 4 rings (SSSR count). The van der Waals surface area contributed by atoms with E-state index in [-0.39, 0.29) is 11.9 Å². The summed E-state index contributed by atoms with van der Waals surface area (Å²) in [7, 11) is 0. The minimum Gasteiger partial charge on any atom is -0.342 e. The van der Waals surface area contributed by atoms with Crippen LogP contribution < -0.4 is 10.6 Å². The zero-order valence-corrected chi connectivity index (χ0v) is 13.4. The van der Waals surface area contributed by atoms with E-state index in [2.05, 4.69) is 15.6 Å². The van der Waals surface area contributed by atoms with E-state index in [0.29, 0.717) is 5.92 Å². The minimum atomic E-state index is -0.0507. The number of rotatable bonds is 3. The van der Waals surface area contributed by atoms with Crippen molar-refractivity contribution in [3.05, 3.63) is 24.0 Å². The van der Waals surface area contributed by atoms with Crippen molar-refractivity contribution in [2.45, 2.75) is 56.9 Å². The van der Waals surface area contributed by atoms with Gasteiger partial charge in [0, 0.05) is 11.6 Å². The van der Waals surface area contributed by atoms with Gasteiger partial charge in [0.1, 0.15) is 5.82 Å². The van der Waals surface area contributed by atoms with Gasteiger partial charge in [-0.2, -0.15) is 0 Å². The van der Waals surface area contributed by atoms with E-state index >= 15 is 0 Å². The Hall–Kier alpha value is -1.88. The third-order valence-electron chi connectivity index (χ3n) is 5.14. The summed E-state index contributed by atoms with van der Waals surface area (Å²) in [4.78, 5) is 20.4. The molecular weight excluding hydrogens is 288 g/mol. The molecule has 1 aliphatic heterocycles. The van der Waals surface area contributed by atoms with E-state index in [1.54, 1.807) is 0 Å². The maximum atomic E-state index is 12.2. The molecule has 2 heterocycles. The third-order valence-corrected chi connectivity index (χ3v) is 5.14. The standard InChI is InChI=1S/C18H24N4O/c23-18(15-7-4-10-19-15)20-13-8-9-14-16(11-13)22-17(21-14)12-5-2-1-3-6-12/h8-9,11-12,15,19H,1-7,10H2,(H,20,23)(H,21,22). The number of carbonyl (C=O) groups is 1. The Labute approximate surface area is 136 Å². The van der Waals surface area contributed by atoms with Gasteiger partial charge in [-0.3, -0.25) is 4.79 Å². The van der Waals surface area contributed by atoms with Crippen LogP contribution in [0, 0.1) is 0 Å². The molecule has 1 saturated carbocycles. The zero-order valence-electron chi connectivity index (χ0n) is 13.4. The summed E-state index contributed by atoms with van der Waals surface area (Å²) in [5, 5.41) is 6.24. The van der Waals surface area contributed by atoms with Gasteiger partial charge in [0.05, 0.1) is 17.1 Å². The molecule has 2 fully saturated rings. The molecule has 1 atom stereocenters. The van der Waals surface area contributed by atoms with Gasteiger partial charge < -0.3 is 15.6 Å². The van der Waals surface area contributed by atoms with Gasteiger partial charge >= 0.3 is 0 Å². The van der Waals surface area contributed by atoms with E-state index in [9.17, 15) is 4.79 Å². The highest BCUT2D eigenvalue weighted by Gasteiger charge is 2.22. The molecule has 0 radical (unpaired) electrons. The van der Waals surface area contributed by atoms with Crippen LogP contribution in [0.5, 0.6) is 0 Å². The van der Waals surface area contributed by atoms with Gasteiger partial charge in [-0.25, -0.2) is 4.98 Å². The van der Waals surface area contributed by atoms with E-state index < -0.39 is 0 Å². The summed E-state index contributed by atoms with van der Waals surface area (Å²) >= 11 is 0. The molecule has 0 spiro atoms. The molecular formula is C18H24N4O. The maximum Gasteiger partial charge on any atom is 0.241 e. The number of anilines is 1. The first-order valence-electron chi connectivity index (χ1n) is 8.83.